The molecule has 2 aliphatic heterocycles. The van der Waals surface area contributed by atoms with E-state index in [0.29, 0.717) is 19.2 Å². The second-order valence-corrected chi connectivity index (χ2v) is 7.22. The molecule has 2 aromatic rings. The predicted molar refractivity (Wildman–Crippen MR) is 100 cm³/mol. The molecule has 2 atom stereocenters. The van der Waals surface area contributed by atoms with E-state index in [9.17, 15) is 4.79 Å². The number of hydrogen-bond donors (Lipinski definition) is 1. The van der Waals surface area contributed by atoms with Crippen molar-refractivity contribution in [1.82, 2.24) is 24.7 Å². The minimum atomic E-state index is 0.0502. The summed E-state index contributed by atoms with van der Waals surface area (Å²) in [7, 11) is 3.76. The molecule has 26 heavy (non-hydrogen) atoms. The van der Waals surface area contributed by atoms with Crippen molar-refractivity contribution in [3.63, 3.8) is 0 Å². The number of benzene rings is 1. The molecule has 140 valence electrons. The molecule has 7 heteroatoms. The number of imidazole rings is 1. The van der Waals surface area contributed by atoms with E-state index >= 15 is 0 Å². The molecular weight excluding hydrogens is 330 g/mol. The minimum Gasteiger partial charge on any atom is -0.383 e. The topological polar surface area (TPSA) is 62.6 Å². The number of aromatic nitrogens is 2. The Labute approximate surface area is 153 Å². The van der Waals surface area contributed by atoms with Crippen LogP contribution in [0.1, 0.15) is 12.2 Å². The number of urea groups is 1. The van der Waals surface area contributed by atoms with E-state index in [1.165, 1.54) is 5.52 Å². The monoisotopic (exact) mass is 357 g/mol. The number of likely N-dealkylation sites (tertiary alicyclic amines) is 1. The SMILES string of the molecule is COCCN1C(=O)N[C@@H]2CN(CCc3nc4ccccc4n3C)CC[C@@H]21. The molecule has 0 spiro atoms. The zero-order valence-corrected chi connectivity index (χ0v) is 15.5. The highest BCUT2D eigenvalue weighted by atomic mass is 16.5. The summed E-state index contributed by atoms with van der Waals surface area (Å²) in [6.07, 6.45) is 1.93. The standard InChI is InChI=1S/C19H27N5O2/c1-22-16-6-4-3-5-14(16)20-18(22)8-10-23-9-7-17-15(13-23)21-19(25)24(17)11-12-26-2/h3-6,15,17H,7-13H2,1-2H3,(H,21,25)/t15-,17+/m1/s1. The third-order valence-electron chi connectivity index (χ3n) is 5.70. The molecule has 7 nitrogen and oxygen atoms in total. The summed E-state index contributed by atoms with van der Waals surface area (Å²) in [5.41, 5.74) is 2.23. The van der Waals surface area contributed by atoms with Crippen molar-refractivity contribution in [3.05, 3.63) is 30.1 Å². The highest BCUT2D eigenvalue weighted by molar-refractivity contribution is 5.78. The molecule has 4 rings (SSSR count). The van der Waals surface area contributed by atoms with Crippen LogP contribution < -0.4 is 5.32 Å². The molecule has 1 aromatic carbocycles. The first-order valence-corrected chi connectivity index (χ1v) is 9.36. The number of fused-ring (bicyclic) bond motifs is 2. The summed E-state index contributed by atoms with van der Waals surface area (Å²) in [5.74, 6) is 1.12. The number of methoxy groups -OCH3 is 1. The Morgan fingerprint density at radius 3 is 2.96 bits per heavy atom. The molecule has 2 amide bonds. The van der Waals surface area contributed by atoms with Crippen LogP contribution in [-0.4, -0.2) is 77.4 Å². The summed E-state index contributed by atoms with van der Waals surface area (Å²) < 4.78 is 7.32. The number of nitrogens with one attached hydrogen (secondary N) is 1. The van der Waals surface area contributed by atoms with Gasteiger partial charge in [-0.3, -0.25) is 0 Å². The van der Waals surface area contributed by atoms with Gasteiger partial charge in [-0.2, -0.15) is 0 Å². The van der Waals surface area contributed by atoms with Crippen molar-refractivity contribution in [2.45, 2.75) is 24.9 Å². The third kappa shape index (κ3) is 3.17. The molecular formula is C19H27N5O2. The molecule has 0 bridgehead atoms. The number of carbonyl (C=O) groups excluding carboxylic acids is 1. The Morgan fingerprint density at radius 1 is 1.31 bits per heavy atom. The Bertz CT molecular complexity index is 789. The Kier molecular flexibility index (Phi) is 4.82. The minimum absolute atomic E-state index is 0.0502. The summed E-state index contributed by atoms with van der Waals surface area (Å²) in [6, 6.07) is 8.82. The molecule has 1 aromatic heterocycles. The first-order valence-electron chi connectivity index (χ1n) is 9.36. The van der Waals surface area contributed by atoms with Gasteiger partial charge in [-0.25, -0.2) is 9.78 Å². The Morgan fingerprint density at radius 2 is 2.15 bits per heavy atom. The predicted octanol–water partition coefficient (Wildman–Crippen LogP) is 1.23. The molecule has 0 saturated carbocycles. The van der Waals surface area contributed by atoms with Gasteiger partial charge >= 0.3 is 6.03 Å². The lowest BCUT2D eigenvalue weighted by Crippen LogP contribution is -2.51. The number of aryl methyl sites for hydroxylation is 1. The Hall–Kier alpha value is -2.12. The normalized spacial score (nSPS) is 23.5. The summed E-state index contributed by atoms with van der Waals surface area (Å²) in [5, 5.41) is 3.14. The molecule has 3 heterocycles. The maximum absolute atomic E-state index is 12.2. The van der Waals surface area contributed by atoms with Crippen LogP contribution in [0.2, 0.25) is 0 Å². The number of para-hydroxylation sites is 2. The van der Waals surface area contributed by atoms with E-state index in [0.717, 1.165) is 43.8 Å². The van der Waals surface area contributed by atoms with Crippen LogP contribution in [-0.2, 0) is 18.2 Å². The fourth-order valence-electron chi connectivity index (χ4n) is 4.25. The quantitative estimate of drug-likeness (QED) is 0.845. The largest absolute Gasteiger partial charge is 0.383 e. The van der Waals surface area contributed by atoms with Gasteiger partial charge in [0.2, 0.25) is 0 Å². The average Bonchev–Trinajstić information content (AvgIpc) is 3.14. The second-order valence-electron chi connectivity index (χ2n) is 7.22. The lowest BCUT2D eigenvalue weighted by atomic mass is 10.00. The van der Waals surface area contributed by atoms with E-state index in [1.807, 2.05) is 11.0 Å². The van der Waals surface area contributed by atoms with E-state index in [-0.39, 0.29) is 12.1 Å². The van der Waals surface area contributed by atoms with E-state index in [4.69, 9.17) is 9.72 Å². The van der Waals surface area contributed by atoms with Gasteiger partial charge in [0.1, 0.15) is 5.82 Å². The lowest BCUT2D eigenvalue weighted by molar-refractivity contribution is 0.114. The average molecular weight is 357 g/mol. The van der Waals surface area contributed by atoms with Crippen LogP contribution in [0, 0.1) is 0 Å². The van der Waals surface area contributed by atoms with Crippen LogP contribution in [0.15, 0.2) is 24.3 Å². The van der Waals surface area contributed by atoms with E-state index in [2.05, 4.69) is 40.0 Å². The molecule has 2 aliphatic rings. The van der Waals surface area contributed by atoms with Gasteiger partial charge in [0, 0.05) is 46.8 Å². The number of rotatable bonds is 6. The third-order valence-corrected chi connectivity index (χ3v) is 5.70. The van der Waals surface area contributed by atoms with Gasteiger partial charge in [-0.05, 0) is 18.6 Å². The first kappa shape index (κ1) is 17.3. The molecule has 0 unspecified atom stereocenters. The number of piperidine rings is 1. The van der Waals surface area contributed by atoms with Crippen LogP contribution in [0.4, 0.5) is 4.79 Å². The number of carbonyl (C=O) groups is 1. The smallest absolute Gasteiger partial charge is 0.318 e. The Balaban J connectivity index is 1.36. The number of ether oxygens (including phenoxy) is 1. The van der Waals surface area contributed by atoms with Crippen LogP contribution in [0.5, 0.6) is 0 Å². The van der Waals surface area contributed by atoms with E-state index in [1.54, 1.807) is 7.11 Å². The van der Waals surface area contributed by atoms with E-state index < -0.39 is 0 Å². The van der Waals surface area contributed by atoms with Crippen LogP contribution >= 0.6 is 0 Å². The van der Waals surface area contributed by atoms with Crippen molar-refractivity contribution in [2.75, 3.05) is 39.9 Å². The van der Waals surface area contributed by atoms with Gasteiger partial charge in [0.15, 0.2) is 0 Å². The van der Waals surface area contributed by atoms with Crippen LogP contribution in [0.3, 0.4) is 0 Å². The summed E-state index contributed by atoms with van der Waals surface area (Å²) in [4.78, 5) is 21.4. The summed E-state index contributed by atoms with van der Waals surface area (Å²) >= 11 is 0. The second kappa shape index (κ2) is 7.25. The lowest BCUT2D eigenvalue weighted by Gasteiger charge is -2.36. The number of amides is 2. The number of hydrogen-bond acceptors (Lipinski definition) is 4. The van der Waals surface area contributed by atoms with Crippen LogP contribution in [0.25, 0.3) is 11.0 Å². The van der Waals surface area contributed by atoms with Crippen molar-refractivity contribution < 1.29 is 9.53 Å². The molecule has 2 saturated heterocycles. The fraction of sp³-hybridized carbons (Fsp3) is 0.579. The molecule has 0 aliphatic carbocycles. The van der Waals surface area contributed by atoms with Gasteiger partial charge in [-0.15, -0.1) is 0 Å². The molecule has 2 fully saturated rings. The van der Waals surface area contributed by atoms with Gasteiger partial charge < -0.3 is 24.4 Å². The first-order chi connectivity index (χ1) is 12.7. The van der Waals surface area contributed by atoms with Gasteiger partial charge in [0.05, 0.1) is 29.7 Å². The highest BCUT2D eigenvalue weighted by Gasteiger charge is 2.42. The maximum Gasteiger partial charge on any atom is 0.318 e. The zero-order valence-electron chi connectivity index (χ0n) is 15.5. The zero-order chi connectivity index (χ0) is 18.1. The molecule has 1 N–H and O–H groups in total. The van der Waals surface area contributed by atoms with Crippen molar-refractivity contribution >= 4 is 17.1 Å². The van der Waals surface area contributed by atoms with Crippen molar-refractivity contribution in [2.24, 2.45) is 7.05 Å². The van der Waals surface area contributed by atoms with Gasteiger partial charge in [-0.1, -0.05) is 12.1 Å². The highest BCUT2D eigenvalue weighted by Crippen LogP contribution is 2.23. The number of nitrogens with zero attached hydrogens (tertiary/aromatic N) is 4. The molecule has 0 radical (unpaired) electrons. The van der Waals surface area contributed by atoms with Crippen molar-refractivity contribution in [3.8, 4) is 0 Å². The maximum atomic E-state index is 12.2. The van der Waals surface area contributed by atoms with Gasteiger partial charge in [0.25, 0.3) is 0 Å². The van der Waals surface area contributed by atoms with Crippen molar-refractivity contribution in [1.29, 1.82) is 0 Å². The summed E-state index contributed by atoms with van der Waals surface area (Å²) in [6.45, 7) is 4.15. The fourth-order valence-corrected chi connectivity index (χ4v) is 4.25.